The van der Waals surface area contributed by atoms with Crippen LogP contribution in [0.25, 0.3) is 0 Å². The molecule has 2 rings (SSSR count). The summed E-state index contributed by atoms with van der Waals surface area (Å²) in [6, 6.07) is 9.80. The summed E-state index contributed by atoms with van der Waals surface area (Å²) in [6.07, 6.45) is 4.91. The van der Waals surface area contributed by atoms with Crippen molar-refractivity contribution in [2.24, 2.45) is 4.99 Å². The van der Waals surface area contributed by atoms with Crippen molar-refractivity contribution in [1.29, 1.82) is 0 Å². The number of guanidine groups is 1. The van der Waals surface area contributed by atoms with Crippen molar-refractivity contribution in [3.05, 3.63) is 48.3 Å². The first-order chi connectivity index (χ1) is 11.3. The number of nitrogens with one attached hydrogen (secondary N) is 2. The van der Waals surface area contributed by atoms with Crippen molar-refractivity contribution in [2.75, 3.05) is 26.7 Å². The zero-order chi connectivity index (χ0) is 16.3. The first kappa shape index (κ1) is 16.9. The lowest BCUT2D eigenvalue weighted by Gasteiger charge is -2.12. The molecule has 2 aromatic rings. The van der Waals surface area contributed by atoms with Gasteiger partial charge in [-0.1, -0.05) is 18.2 Å². The standard InChI is InChI=1S/C17H25N5O/c1-15-13-21-22(14-15)11-6-9-19-17(18-2)20-10-12-23-16-7-4-3-5-8-16/h3-5,7-8,13-14H,6,9-12H2,1-2H3,(H2,18,19,20). The first-order valence-electron chi connectivity index (χ1n) is 7.89. The Morgan fingerprint density at radius 2 is 2.00 bits per heavy atom. The largest absolute Gasteiger partial charge is 0.492 e. The number of aryl methyl sites for hydroxylation is 2. The van der Waals surface area contributed by atoms with Gasteiger partial charge in [-0.25, -0.2) is 0 Å². The molecular weight excluding hydrogens is 290 g/mol. The van der Waals surface area contributed by atoms with Crippen LogP contribution in [0.4, 0.5) is 0 Å². The van der Waals surface area contributed by atoms with Crippen molar-refractivity contribution in [2.45, 2.75) is 19.9 Å². The van der Waals surface area contributed by atoms with Crippen LogP contribution in [0.1, 0.15) is 12.0 Å². The van der Waals surface area contributed by atoms with E-state index in [0.29, 0.717) is 13.2 Å². The van der Waals surface area contributed by atoms with Gasteiger partial charge in [0.05, 0.1) is 12.7 Å². The minimum absolute atomic E-state index is 0.595. The van der Waals surface area contributed by atoms with Gasteiger partial charge in [0.25, 0.3) is 0 Å². The Morgan fingerprint density at radius 1 is 1.22 bits per heavy atom. The van der Waals surface area contributed by atoms with Gasteiger partial charge in [-0.05, 0) is 31.0 Å². The van der Waals surface area contributed by atoms with Crippen molar-refractivity contribution >= 4 is 5.96 Å². The van der Waals surface area contributed by atoms with Crippen molar-refractivity contribution in [3.8, 4) is 5.75 Å². The van der Waals surface area contributed by atoms with E-state index in [1.165, 1.54) is 5.56 Å². The zero-order valence-corrected chi connectivity index (χ0v) is 13.8. The Hall–Kier alpha value is -2.50. The van der Waals surface area contributed by atoms with Gasteiger partial charge in [-0.2, -0.15) is 5.10 Å². The average molecular weight is 315 g/mol. The lowest BCUT2D eigenvalue weighted by molar-refractivity contribution is 0.322. The monoisotopic (exact) mass is 315 g/mol. The molecule has 0 atom stereocenters. The van der Waals surface area contributed by atoms with E-state index in [9.17, 15) is 0 Å². The molecule has 0 aliphatic carbocycles. The Bertz CT molecular complexity index is 594. The van der Waals surface area contributed by atoms with E-state index in [1.54, 1.807) is 7.05 Å². The highest BCUT2D eigenvalue weighted by Gasteiger charge is 1.98. The SMILES string of the molecule is CN=C(NCCCn1cc(C)cn1)NCCOc1ccccc1. The van der Waals surface area contributed by atoms with Gasteiger partial charge in [-0.3, -0.25) is 9.67 Å². The smallest absolute Gasteiger partial charge is 0.191 e. The zero-order valence-electron chi connectivity index (χ0n) is 13.8. The molecule has 0 saturated heterocycles. The Morgan fingerprint density at radius 3 is 2.70 bits per heavy atom. The van der Waals surface area contributed by atoms with E-state index in [0.717, 1.165) is 31.2 Å². The summed E-state index contributed by atoms with van der Waals surface area (Å²) in [5.74, 6) is 1.67. The summed E-state index contributed by atoms with van der Waals surface area (Å²) in [7, 11) is 1.77. The minimum atomic E-state index is 0.595. The molecule has 1 heterocycles. The van der Waals surface area contributed by atoms with Crippen molar-refractivity contribution in [1.82, 2.24) is 20.4 Å². The number of aromatic nitrogens is 2. The van der Waals surface area contributed by atoms with E-state index < -0.39 is 0 Å². The molecule has 0 radical (unpaired) electrons. The van der Waals surface area contributed by atoms with Gasteiger partial charge in [0, 0.05) is 26.3 Å². The molecule has 0 spiro atoms. The number of rotatable bonds is 8. The number of aliphatic imine (C=N–C) groups is 1. The summed E-state index contributed by atoms with van der Waals surface area (Å²) in [6.45, 7) is 5.09. The topological polar surface area (TPSA) is 63.5 Å². The van der Waals surface area contributed by atoms with E-state index in [1.807, 2.05) is 54.3 Å². The number of hydrogen-bond donors (Lipinski definition) is 2. The van der Waals surface area contributed by atoms with Gasteiger partial charge in [0.15, 0.2) is 5.96 Å². The molecule has 0 aliphatic heterocycles. The summed E-state index contributed by atoms with van der Waals surface area (Å²) in [5.41, 5.74) is 1.19. The predicted molar refractivity (Wildman–Crippen MR) is 92.9 cm³/mol. The van der Waals surface area contributed by atoms with E-state index >= 15 is 0 Å². The van der Waals surface area contributed by atoms with Crippen LogP contribution >= 0.6 is 0 Å². The fourth-order valence-corrected chi connectivity index (χ4v) is 2.11. The third-order valence-electron chi connectivity index (χ3n) is 3.25. The normalized spacial score (nSPS) is 11.3. The molecule has 2 N–H and O–H groups in total. The van der Waals surface area contributed by atoms with Crippen LogP contribution in [0.15, 0.2) is 47.7 Å². The summed E-state index contributed by atoms with van der Waals surface area (Å²) in [5, 5.41) is 10.8. The Labute approximate surface area is 137 Å². The van der Waals surface area contributed by atoms with Gasteiger partial charge in [-0.15, -0.1) is 0 Å². The maximum Gasteiger partial charge on any atom is 0.191 e. The van der Waals surface area contributed by atoms with Gasteiger partial charge in [0.1, 0.15) is 12.4 Å². The second-order valence-corrected chi connectivity index (χ2v) is 5.22. The van der Waals surface area contributed by atoms with Crippen LogP contribution in [0, 0.1) is 6.92 Å². The minimum Gasteiger partial charge on any atom is -0.492 e. The molecule has 6 nitrogen and oxygen atoms in total. The number of nitrogens with zero attached hydrogens (tertiary/aromatic N) is 3. The lowest BCUT2D eigenvalue weighted by Crippen LogP contribution is -2.39. The third kappa shape index (κ3) is 6.42. The first-order valence-corrected chi connectivity index (χ1v) is 7.89. The van der Waals surface area contributed by atoms with Crippen molar-refractivity contribution < 1.29 is 4.74 Å². The fourth-order valence-electron chi connectivity index (χ4n) is 2.11. The molecule has 0 saturated carbocycles. The van der Waals surface area contributed by atoms with Crippen LogP contribution in [-0.4, -0.2) is 42.5 Å². The van der Waals surface area contributed by atoms with Crippen LogP contribution in [0.2, 0.25) is 0 Å². The second-order valence-electron chi connectivity index (χ2n) is 5.22. The molecule has 1 aromatic heterocycles. The summed E-state index contributed by atoms with van der Waals surface area (Å²) < 4.78 is 7.59. The highest BCUT2D eigenvalue weighted by molar-refractivity contribution is 5.79. The molecule has 0 amide bonds. The highest BCUT2D eigenvalue weighted by atomic mass is 16.5. The summed E-state index contributed by atoms with van der Waals surface area (Å²) >= 11 is 0. The molecule has 0 unspecified atom stereocenters. The number of benzene rings is 1. The van der Waals surface area contributed by atoms with Gasteiger partial charge >= 0.3 is 0 Å². The highest BCUT2D eigenvalue weighted by Crippen LogP contribution is 2.07. The molecule has 0 aliphatic rings. The molecule has 0 bridgehead atoms. The quantitative estimate of drug-likeness (QED) is 0.443. The molecule has 6 heteroatoms. The number of ether oxygens (including phenoxy) is 1. The van der Waals surface area contributed by atoms with E-state index in [2.05, 4.69) is 20.7 Å². The Kier molecular flexibility index (Phi) is 6.97. The maximum atomic E-state index is 5.63. The predicted octanol–water partition coefficient (Wildman–Crippen LogP) is 1.83. The van der Waals surface area contributed by atoms with E-state index in [4.69, 9.17) is 4.74 Å². The van der Waals surface area contributed by atoms with Crippen LogP contribution in [0.3, 0.4) is 0 Å². The fraction of sp³-hybridized carbons (Fsp3) is 0.412. The molecule has 0 fully saturated rings. The van der Waals surface area contributed by atoms with Crippen LogP contribution in [-0.2, 0) is 6.54 Å². The lowest BCUT2D eigenvalue weighted by atomic mass is 10.3. The van der Waals surface area contributed by atoms with E-state index in [-0.39, 0.29) is 0 Å². The van der Waals surface area contributed by atoms with Crippen molar-refractivity contribution in [3.63, 3.8) is 0 Å². The van der Waals surface area contributed by atoms with Gasteiger partial charge < -0.3 is 15.4 Å². The molecule has 124 valence electrons. The average Bonchev–Trinajstić information content (AvgIpc) is 2.99. The van der Waals surface area contributed by atoms with Crippen LogP contribution < -0.4 is 15.4 Å². The number of hydrogen-bond acceptors (Lipinski definition) is 3. The summed E-state index contributed by atoms with van der Waals surface area (Å²) in [4.78, 5) is 4.20. The third-order valence-corrected chi connectivity index (χ3v) is 3.25. The van der Waals surface area contributed by atoms with Gasteiger partial charge in [0.2, 0.25) is 0 Å². The van der Waals surface area contributed by atoms with Crippen LogP contribution in [0.5, 0.6) is 5.75 Å². The maximum absolute atomic E-state index is 5.63. The number of para-hydroxylation sites is 1. The molecule has 1 aromatic carbocycles. The Balaban J connectivity index is 1.56. The molecule has 23 heavy (non-hydrogen) atoms. The second kappa shape index (κ2) is 9.50. The molecular formula is C17H25N5O.